The molecule has 0 bridgehead atoms. The molecule has 7 heteroatoms. The number of likely N-dealkylation sites (tertiary alicyclic amines) is 1. The van der Waals surface area contributed by atoms with Gasteiger partial charge in [-0.2, -0.15) is 0 Å². The smallest absolute Gasteiger partial charge is 0.267 e. The van der Waals surface area contributed by atoms with E-state index in [1.165, 1.54) is 4.88 Å². The molecule has 1 fully saturated rings. The molecule has 29 heavy (non-hydrogen) atoms. The van der Waals surface area contributed by atoms with Crippen molar-refractivity contribution in [2.45, 2.75) is 32.2 Å². The van der Waals surface area contributed by atoms with Crippen LogP contribution in [-0.4, -0.2) is 32.5 Å². The van der Waals surface area contributed by atoms with Gasteiger partial charge >= 0.3 is 0 Å². The highest BCUT2D eigenvalue weighted by molar-refractivity contribution is 7.10. The number of hydrogen-bond acceptors (Lipinski definition) is 6. The molecule has 1 aromatic carbocycles. The van der Waals surface area contributed by atoms with Crippen molar-refractivity contribution in [2.75, 3.05) is 6.54 Å². The Morgan fingerprint density at radius 1 is 1.28 bits per heavy atom. The standard InChI is InChI=1S/C22H20N4O2S/c1-2-16-12-15(13-29-16)22(27)26-11-5-8-18(26)20-24-25-21(28-20)19-17-7-4-3-6-14(17)9-10-23-19/h3-4,6-7,9-10,12-13,18H,2,5,8,11H2,1H3. The third-order valence-electron chi connectivity index (χ3n) is 5.36. The first-order valence-corrected chi connectivity index (χ1v) is 10.7. The molecule has 1 saturated heterocycles. The molecule has 0 radical (unpaired) electrons. The molecular formula is C22H20N4O2S. The molecule has 4 aromatic rings. The molecule has 1 aliphatic heterocycles. The highest BCUT2D eigenvalue weighted by Gasteiger charge is 2.35. The van der Waals surface area contributed by atoms with Crippen molar-refractivity contribution in [3.63, 3.8) is 0 Å². The Morgan fingerprint density at radius 3 is 3.03 bits per heavy atom. The van der Waals surface area contributed by atoms with Gasteiger partial charge in [-0.1, -0.05) is 31.2 Å². The predicted octanol–water partition coefficient (Wildman–Crippen LogP) is 4.89. The summed E-state index contributed by atoms with van der Waals surface area (Å²) < 4.78 is 6.03. The van der Waals surface area contributed by atoms with E-state index in [0.717, 1.165) is 35.6 Å². The van der Waals surface area contributed by atoms with Crippen LogP contribution in [0.5, 0.6) is 0 Å². The second-order valence-corrected chi connectivity index (χ2v) is 8.13. The highest BCUT2D eigenvalue weighted by atomic mass is 32.1. The molecule has 1 unspecified atom stereocenters. The number of thiophene rings is 1. The van der Waals surface area contributed by atoms with Crippen molar-refractivity contribution in [1.82, 2.24) is 20.1 Å². The van der Waals surface area contributed by atoms with Crippen LogP contribution in [-0.2, 0) is 6.42 Å². The molecule has 3 aromatic heterocycles. The highest BCUT2D eigenvalue weighted by Crippen LogP contribution is 2.35. The van der Waals surface area contributed by atoms with Crippen LogP contribution in [0, 0.1) is 0 Å². The van der Waals surface area contributed by atoms with Crippen LogP contribution in [0.1, 0.15) is 46.9 Å². The minimum atomic E-state index is -0.191. The minimum absolute atomic E-state index is 0.0338. The normalized spacial score (nSPS) is 16.6. The van der Waals surface area contributed by atoms with Crippen LogP contribution < -0.4 is 0 Å². The number of hydrogen-bond donors (Lipinski definition) is 0. The molecular weight excluding hydrogens is 384 g/mol. The Kier molecular flexibility index (Phi) is 4.60. The van der Waals surface area contributed by atoms with Gasteiger partial charge in [-0.15, -0.1) is 21.5 Å². The van der Waals surface area contributed by atoms with Gasteiger partial charge in [-0.25, -0.2) is 0 Å². The van der Waals surface area contributed by atoms with E-state index < -0.39 is 0 Å². The first kappa shape index (κ1) is 18.0. The lowest BCUT2D eigenvalue weighted by atomic mass is 10.1. The SMILES string of the molecule is CCc1cc(C(=O)N2CCCC2c2nnc(-c3nccc4ccccc34)o2)cs1. The number of aromatic nitrogens is 3. The summed E-state index contributed by atoms with van der Waals surface area (Å²) in [5.41, 5.74) is 1.41. The Morgan fingerprint density at radius 2 is 2.17 bits per heavy atom. The van der Waals surface area contributed by atoms with Crippen LogP contribution in [0.25, 0.3) is 22.4 Å². The van der Waals surface area contributed by atoms with E-state index in [2.05, 4.69) is 22.1 Å². The van der Waals surface area contributed by atoms with Crippen LogP contribution >= 0.6 is 11.3 Å². The monoisotopic (exact) mass is 404 g/mol. The molecule has 5 rings (SSSR count). The number of fused-ring (bicyclic) bond motifs is 1. The van der Waals surface area contributed by atoms with Gasteiger partial charge in [-0.05, 0) is 36.8 Å². The number of pyridine rings is 1. The quantitative estimate of drug-likeness (QED) is 0.484. The fourth-order valence-electron chi connectivity index (χ4n) is 3.87. The van der Waals surface area contributed by atoms with E-state index in [1.54, 1.807) is 17.5 Å². The summed E-state index contributed by atoms with van der Waals surface area (Å²) in [5.74, 6) is 0.901. The van der Waals surface area contributed by atoms with Gasteiger partial charge in [0, 0.05) is 28.4 Å². The Bertz CT molecular complexity index is 1180. The Balaban J connectivity index is 1.45. The van der Waals surface area contributed by atoms with Gasteiger partial charge < -0.3 is 9.32 Å². The fraction of sp³-hybridized carbons (Fsp3) is 0.273. The number of carbonyl (C=O) groups is 1. The molecule has 1 atom stereocenters. The summed E-state index contributed by atoms with van der Waals surface area (Å²) in [4.78, 5) is 20.6. The molecule has 1 aliphatic rings. The van der Waals surface area contributed by atoms with Crippen molar-refractivity contribution < 1.29 is 9.21 Å². The van der Waals surface area contributed by atoms with Gasteiger partial charge in [0.15, 0.2) is 0 Å². The van der Waals surface area contributed by atoms with Crippen molar-refractivity contribution in [3.05, 3.63) is 64.3 Å². The number of amides is 1. The van der Waals surface area contributed by atoms with E-state index in [4.69, 9.17) is 4.42 Å². The molecule has 0 saturated carbocycles. The maximum atomic E-state index is 13.0. The molecule has 4 heterocycles. The molecule has 0 spiro atoms. The summed E-state index contributed by atoms with van der Waals surface area (Å²) in [7, 11) is 0. The fourth-order valence-corrected chi connectivity index (χ4v) is 4.67. The van der Waals surface area contributed by atoms with Crippen LogP contribution in [0.2, 0.25) is 0 Å². The van der Waals surface area contributed by atoms with E-state index in [-0.39, 0.29) is 11.9 Å². The Hall–Kier alpha value is -3.06. The summed E-state index contributed by atoms with van der Waals surface area (Å²) >= 11 is 1.63. The molecule has 1 amide bonds. The second-order valence-electron chi connectivity index (χ2n) is 7.14. The first-order chi connectivity index (χ1) is 14.2. The van der Waals surface area contributed by atoms with E-state index in [9.17, 15) is 4.79 Å². The molecule has 0 N–H and O–H groups in total. The van der Waals surface area contributed by atoms with E-state index in [0.29, 0.717) is 24.0 Å². The van der Waals surface area contributed by atoms with E-state index >= 15 is 0 Å². The lowest BCUT2D eigenvalue weighted by Crippen LogP contribution is -2.30. The van der Waals surface area contributed by atoms with Gasteiger partial charge in [0.25, 0.3) is 11.8 Å². The number of rotatable bonds is 4. The lowest BCUT2D eigenvalue weighted by Gasteiger charge is -2.21. The largest absolute Gasteiger partial charge is 0.417 e. The van der Waals surface area contributed by atoms with Gasteiger partial charge in [-0.3, -0.25) is 9.78 Å². The number of carbonyl (C=O) groups excluding carboxylic acids is 1. The van der Waals surface area contributed by atoms with Gasteiger partial charge in [0.2, 0.25) is 5.89 Å². The molecule has 146 valence electrons. The zero-order chi connectivity index (χ0) is 19.8. The maximum Gasteiger partial charge on any atom is 0.267 e. The molecule has 6 nitrogen and oxygen atoms in total. The van der Waals surface area contributed by atoms with Crippen LogP contribution in [0.3, 0.4) is 0 Å². The van der Waals surface area contributed by atoms with Gasteiger partial charge in [0.1, 0.15) is 11.7 Å². The first-order valence-electron chi connectivity index (χ1n) is 9.80. The average molecular weight is 404 g/mol. The summed E-state index contributed by atoms with van der Waals surface area (Å²) in [6.07, 6.45) is 4.42. The van der Waals surface area contributed by atoms with Crippen molar-refractivity contribution in [2.24, 2.45) is 0 Å². The zero-order valence-corrected chi connectivity index (χ0v) is 16.9. The third kappa shape index (κ3) is 3.21. The number of aryl methyl sites for hydroxylation is 1. The number of nitrogens with zero attached hydrogens (tertiary/aromatic N) is 4. The second kappa shape index (κ2) is 7.40. The summed E-state index contributed by atoms with van der Waals surface area (Å²) in [5, 5.41) is 12.5. The molecule has 0 aliphatic carbocycles. The predicted molar refractivity (Wildman–Crippen MR) is 112 cm³/mol. The Labute approximate surface area is 172 Å². The maximum absolute atomic E-state index is 13.0. The van der Waals surface area contributed by atoms with Crippen molar-refractivity contribution in [3.8, 4) is 11.6 Å². The van der Waals surface area contributed by atoms with Crippen LogP contribution in [0.15, 0.2) is 52.4 Å². The summed E-state index contributed by atoms with van der Waals surface area (Å²) in [6.45, 7) is 2.80. The summed E-state index contributed by atoms with van der Waals surface area (Å²) in [6, 6.07) is 11.7. The zero-order valence-electron chi connectivity index (χ0n) is 16.0. The third-order valence-corrected chi connectivity index (χ3v) is 6.45. The number of benzene rings is 1. The van der Waals surface area contributed by atoms with Crippen molar-refractivity contribution >= 4 is 28.0 Å². The van der Waals surface area contributed by atoms with Gasteiger partial charge in [0.05, 0.1) is 5.56 Å². The van der Waals surface area contributed by atoms with Crippen molar-refractivity contribution in [1.29, 1.82) is 0 Å². The average Bonchev–Trinajstić information content (AvgIpc) is 3.52. The van der Waals surface area contributed by atoms with Crippen LogP contribution in [0.4, 0.5) is 0 Å². The lowest BCUT2D eigenvalue weighted by molar-refractivity contribution is 0.0716. The van der Waals surface area contributed by atoms with E-state index in [1.807, 2.05) is 46.7 Å². The minimum Gasteiger partial charge on any atom is -0.417 e. The topological polar surface area (TPSA) is 72.1 Å².